The third-order valence-corrected chi connectivity index (χ3v) is 8.92. The van der Waals surface area contributed by atoms with Gasteiger partial charge in [-0.05, 0) is 55.4 Å². The molecule has 0 spiro atoms. The summed E-state index contributed by atoms with van der Waals surface area (Å²) in [6.07, 6.45) is 9.41. The first-order chi connectivity index (χ1) is 14.6. The lowest BCUT2D eigenvalue weighted by molar-refractivity contribution is -0.236. The van der Waals surface area contributed by atoms with Crippen LogP contribution in [0.5, 0.6) is 0 Å². The van der Waals surface area contributed by atoms with Crippen molar-refractivity contribution in [3.05, 3.63) is 65.5 Å². The quantitative estimate of drug-likeness (QED) is 0.765. The molecule has 1 aliphatic heterocycles. The number of hydrogen-bond acceptors (Lipinski definition) is 4. The van der Waals surface area contributed by atoms with Crippen LogP contribution in [0.15, 0.2) is 48.7 Å². The summed E-state index contributed by atoms with van der Waals surface area (Å²) in [7, 11) is 1.87. The molecule has 4 nitrogen and oxygen atoms in total. The zero-order valence-electron chi connectivity index (χ0n) is 17.7. The van der Waals surface area contributed by atoms with Gasteiger partial charge in [-0.15, -0.1) is 0 Å². The van der Waals surface area contributed by atoms with E-state index >= 15 is 0 Å². The van der Waals surface area contributed by atoms with Gasteiger partial charge >= 0.3 is 0 Å². The van der Waals surface area contributed by atoms with E-state index in [-0.39, 0.29) is 5.60 Å². The van der Waals surface area contributed by atoms with Crippen molar-refractivity contribution in [1.82, 2.24) is 9.88 Å². The van der Waals surface area contributed by atoms with Gasteiger partial charge in [0, 0.05) is 49.2 Å². The van der Waals surface area contributed by atoms with E-state index in [0.717, 1.165) is 18.7 Å². The molecule has 3 atom stereocenters. The molecule has 1 saturated heterocycles. The van der Waals surface area contributed by atoms with Crippen LogP contribution >= 0.6 is 0 Å². The van der Waals surface area contributed by atoms with E-state index in [1.807, 2.05) is 13.2 Å². The van der Waals surface area contributed by atoms with Crippen LogP contribution in [0, 0.1) is 23.2 Å². The van der Waals surface area contributed by atoms with E-state index in [2.05, 4.69) is 52.4 Å². The van der Waals surface area contributed by atoms with Crippen LogP contribution in [0.1, 0.15) is 55.3 Å². The fraction of sp³-hybridized carbons (Fsp3) is 0.538. The molecule has 30 heavy (non-hydrogen) atoms. The van der Waals surface area contributed by atoms with Crippen LogP contribution in [0.25, 0.3) is 0 Å². The molecule has 4 aliphatic carbocycles. The van der Waals surface area contributed by atoms with Crippen LogP contribution < -0.4 is 0 Å². The maximum Gasteiger partial charge on any atom is 0.140 e. The lowest BCUT2D eigenvalue weighted by atomic mass is 9.36. The molecule has 2 aromatic rings. The van der Waals surface area contributed by atoms with Crippen molar-refractivity contribution in [3.8, 4) is 6.07 Å². The Hall–Kier alpha value is -2.22. The van der Waals surface area contributed by atoms with Gasteiger partial charge in [-0.3, -0.25) is 4.90 Å². The first kappa shape index (κ1) is 18.5. The zero-order chi connectivity index (χ0) is 20.4. The summed E-state index contributed by atoms with van der Waals surface area (Å²) in [6.45, 7) is 2.22. The first-order valence-electron chi connectivity index (χ1n) is 11.4. The van der Waals surface area contributed by atoms with E-state index in [4.69, 9.17) is 4.74 Å². The van der Waals surface area contributed by atoms with E-state index in [9.17, 15) is 5.26 Å². The van der Waals surface area contributed by atoms with Crippen LogP contribution in [0.4, 0.5) is 0 Å². The van der Waals surface area contributed by atoms with Crippen molar-refractivity contribution in [2.45, 2.75) is 55.1 Å². The van der Waals surface area contributed by atoms with Crippen molar-refractivity contribution in [2.75, 3.05) is 20.2 Å². The number of rotatable bonds is 4. The highest BCUT2D eigenvalue weighted by molar-refractivity contribution is 5.42. The predicted octanol–water partition coefficient (Wildman–Crippen LogP) is 4.40. The highest BCUT2D eigenvalue weighted by Crippen LogP contribution is 2.71. The van der Waals surface area contributed by atoms with Crippen molar-refractivity contribution >= 4 is 0 Å². The van der Waals surface area contributed by atoms with Crippen molar-refractivity contribution in [2.24, 2.45) is 11.8 Å². The zero-order valence-corrected chi connectivity index (χ0v) is 17.7. The standard InChI is InChI=1S/C26H29N3O/c1-30-26(20-10-11-28-23(12-20)13-27)21-8-5-9-22(26)15-29(14-21)25-16-24(17-25,18-25)19-6-3-2-4-7-19/h2-4,6-7,10-12,21-22H,5,8-9,14-18H2,1H3/t21-,22+,24?,25?,26-. The Kier molecular flexibility index (Phi) is 3.95. The number of hydrogen-bond donors (Lipinski definition) is 0. The molecule has 4 heteroatoms. The lowest BCUT2D eigenvalue weighted by Crippen LogP contribution is -2.79. The van der Waals surface area contributed by atoms with Gasteiger partial charge in [0.2, 0.25) is 0 Å². The first-order valence-corrected chi connectivity index (χ1v) is 11.4. The average molecular weight is 400 g/mol. The van der Waals surface area contributed by atoms with Gasteiger partial charge in [0.25, 0.3) is 0 Å². The highest BCUT2D eigenvalue weighted by Gasteiger charge is 2.72. The third kappa shape index (κ3) is 2.31. The number of benzene rings is 1. The Bertz CT molecular complexity index is 977. The molecule has 4 bridgehead atoms. The Labute approximate surface area is 178 Å². The van der Waals surface area contributed by atoms with Gasteiger partial charge in [0.1, 0.15) is 17.4 Å². The predicted molar refractivity (Wildman–Crippen MR) is 115 cm³/mol. The molecule has 0 N–H and O–H groups in total. The Morgan fingerprint density at radius 3 is 2.37 bits per heavy atom. The fourth-order valence-corrected chi connectivity index (χ4v) is 7.65. The van der Waals surface area contributed by atoms with Crippen molar-refractivity contribution < 1.29 is 4.74 Å². The van der Waals surface area contributed by atoms with E-state index < -0.39 is 0 Å². The normalized spacial score (nSPS) is 39.5. The summed E-state index contributed by atoms with van der Waals surface area (Å²) in [4.78, 5) is 7.03. The largest absolute Gasteiger partial charge is 0.373 e. The monoisotopic (exact) mass is 399 g/mol. The van der Waals surface area contributed by atoms with Gasteiger partial charge in [-0.1, -0.05) is 36.8 Å². The number of pyridine rings is 1. The Balaban J connectivity index is 1.27. The maximum absolute atomic E-state index is 9.37. The molecule has 2 heterocycles. The SMILES string of the molecule is CO[C@]1(c2ccnc(C#N)c2)[C@@H]2CCC[C@H]1CN(C13CC(c4ccccc4)(C1)C3)C2. The second-order valence-corrected chi connectivity index (χ2v) is 10.2. The summed E-state index contributed by atoms with van der Waals surface area (Å²) in [5.41, 5.74) is 3.77. The number of methoxy groups -OCH3 is 1. The second-order valence-electron chi connectivity index (χ2n) is 10.2. The van der Waals surface area contributed by atoms with Crippen LogP contribution in [-0.4, -0.2) is 35.6 Å². The summed E-state index contributed by atoms with van der Waals surface area (Å²) in [5.74, 6) is 0.955. The van der Waals surface area contributed by atoms with Gasteiger partial charge < -0.3 is 4.74 Å². The molecule has 1 aromatic heterocycles. The number of aromatic nitrogens is 1. The topological polar surface area (TPSA) is 49.1 Å². The van der Waals surface area contributed by atoms with Gasteiger partial charge in [0.15, 0.2) is 0 Å². The Morgan fingerprint density at radius 2 is 1.73 bits per heavy atom. The molecule has 5 fully saturated rings. The molecule has 0 amide bonds. The van der Waals surface area contributed by atoms with E-state index in [1.165, 1.54) is 44.1 Å². The summed E-state index contributed by atoms with van der Waals surface area (Å²) >= 11 is 0. The van der Waals surface area contributed by atoms with Gasteiger partial charge in [-0.2, -0.15) is 5.26 Å². The van der Waals surface area contributed by atoms with Crippen LogP contribution in [0.2, 0.25) is 0 Å². The molecular weight excluding hydrogens is 370 g/mol. The molecule has 154 valence electrons. The van der Waals surface area contributed by atoms with Crippen LogP contribution in [-0.2, 0) is 15.8 Å². The second kappa shape index (κ2) is 6.39. The molecular formula is C26H29N3O. The molecule has 0 unspecified atom stereocenters. The number of fused-ring (bicyclic) bond motifs is 2. The summed E-state index contributed by atoms with van der Waals surface area (Å²) in [5, 5.41) is 9.37. The minimum Gasteiger partial charge on any atom is -0.373 e. The Morgan fingerprint density at radius 1 is 1.03 bits per heavy atom. The minimum atomic E-state index is -0.274. The van der Waals surface area contributed by atoms with E-state index in [1.54, 1.807) is 6.20 Å². The average Bonchev–Trinajstić information content (AvgIpc) is 2.72. The van der Waals surface area contributed by atoms with Gasteiger partial charge in [0.05, 0.1) is 0 Å². The number of ether oxygens (including phenoxy) is 1. The number of nitrogens with zero attached hydrogens (tertiary/aromatic N) is 3. The molecule has 4 saturated carbocycles. The highest BCUT2D eigenvalue weighted by atomic mass is 16.5. The van der Waals surface area contributed by atoms with Crippen molar-refractivity contribution in [1.29, 1.82) is 5.26 Å². The number of nitriles is 1. The van der Waals surface area contributed by atoms with Crippen LogP contribution in [0.3, 0.4) is 0 Å². The minimum absolute atomic E-state index is 0.274. The number of piperidine rings is 1. The van der Waals surface area contributed by atoms with Crippen molar-refractivity contribution in [3.63, 3.8) is 0 Å². The van der Waals surface area contributed by atoms with E-state index in [0.29, 0.717) is 28.5 Å². The molecule has 5 aliphatic rings. The summed E-state index contributed by atoms with van der Waals surface area (Å²) < 4.78 is 6.38. The third-order valence-electron chi connectivity index (χ3n) is 8.92. The number of likely N-dealkylation sites (tertiary alicyclic amines) is 1. The molecule has 0 radical (unpaired) electrons. The van der Waals surface area contributed by atoms with Gasteiger partial charge in [-0.25, -0.2) is 4.98 Å². The lowest BCUT2D eigenvalue weighted by Gasteiger charge is -2.76. The summed E-state index contributed by atoms with van der Waals surface area (Å²) in [6, 6.07) is 17.4. The fourth-order valence-electron chi connectivity index (χ4n) is 7.65. The molecule has 1 aromatic carbocycles. The maximum atomic E-state index is 9.37. The molecule has 7 rings (SSSR count). The smallest absolute Gasteiger partial charge is 0.140 e.